The molecule has 6 heteroatoms. The molecule has 1 amide bonds. The smallest absolute Gasteiger partial charge is 0.305 e. The Morgan fingerprint density at radius 2 is 0.676 bits per heavy atom. The van der Waals surface area contributed by atoms with E-state index in [-0.39, 0.29) is 18.5 Å². The monoisotopic (exact) mass is 960 g/mol. The highest BCUT2D eigenvalue weighted by atomic mass is 16.5. The summed E-state index contributed by atoms with van der Waals surface area (Å²) >= 11 is 0. The Labute approximate surface area is 425 Å². The van der Waals surface area contributed by atoms with Crippen molar-refractivity contribution >= 4 is 11.9 Å². The molecule has 0 aliphatic heterocycles. The number of rotatable bonds is 58. The van der Waals surface area contributed by atoms with Crippen LogP contribution < -0.4 is 5.32 Å². The van der Waals surface area contributed by atoms with Gasteiger partial charge >= 0.3 is 5.97 Å². The SMILES string of the molecule is CCCCCCCCCCCC/C=C/C(O)C(CO)NC(=O)CCCCCCCCCCCCCCCCCCCCCCCCCCOC(=O)CCCCCCCCCCCCCCCCC. The molecule has 0 saturated carbocycles. The predicted molar refractivity (Wildman–Crippen MR) is 297 cm³/mol. The zero-order chi connectivity index (χ0) is 49.3. The Balaban J connectivity index is 3.35. The van der Waals surface area contributed by atoms with Crippen LogP contribution in [0.25, 0.3) is 0 Å². The van der Waals surface area contributed by atoms with E-state index in [1.54, 1.807) is 6.08 Å². The minimum atomic E-state index is -0.841. The van der Waals surface area contributed by atoms with Crippen molar-refractivity contribution in [2.24, 2.45) is 0 Å². The lowest BCUT2D eigenvalue weighted by Gasteiger charge is -2.20. The predicted octanol–water partition coefficient (Wildman–Crippen LogP) is 19.2. The van der Waals surface area contributed by atoms with Crippen molar-refractivity contribution in [1.82, 2.24) is 5.32 Å². The van der Waals surface area contributed by atoms with Crippen molar-refractivity contribution in [3.05, 3.63) is 12.2 Å². The van der Waals surface area contributed by atoms with E-state index < -0.39 is 12.1 Å². The highest BCUT2D eigenvalue weighted by Crippen LogP contribution is 2.18. The maximum atomic E-state index is 12.4. The lowest BCUT2D eigenvalue weighted by atomic mass is 10.0. The van der Waals surface area contributed by atoms with E-state index in [9.17, 15) is 19.8 Å². The number of carbonyl (C=O) groups excluding carboxylic acids is 2. The summed E-state index contributed by atoms with van der Waals surface area (Å²) in [4.78, 5) is 24.5. The van der Waals surface area contributed by atoms with E-state index in [1.165, 1.54) is 283 Å². The van der Waals surface area contributed by atoms with Gasteiger partial charge in [-0.1, -0.05) is 315 Å². The van der Waals surface area contributed by atoms with Gasteiger partial charge in [0.05, 0.1) is 25.4 Å². The van der Waals surface area contributed by atoms with Gasteiger partial charge < -0.3 is 20.3 Å². The maximum Gasteiger partial charge on any atom is 0.305 e. The van der Waals surface area contributed by atoms with Crippen molar-refractivity contribution in [3.63, 3.8) is 0 Å². The highest BCUT2D eigenvalue weighted by molar-refractivity contribution is 5.76. The summed E-state index contributed by atoms with van der Waals surface area (Å²) < 4.78 is 5.49. The Morgan fingerprint density at radius 1 is 0.397 bits per heavy atom. The standard InChI is InChI=1S/C62H121NO5/c1-3-5-7-9-11-13-15-17-28-32-36-40-44-48-52-56-62(67)68-57-53-49-45-41-37-33-30-27-25-23-21-19-18-20-22-24-26-29-31-35-39-43-47-51-55-61(66)63-59(58-64)60(65)54-50-46-42-38-34-16-14-12-10-8-6-4-2/h50,54,59-60,64-65H,3-49,51-53,55-58H2,1-2H3,(H,63,66)/b54-50+. The molecule has 0 fully saturated rings. The molecule has 0 heterocycles. The van der Waals surface area contributed by atoms with Crippen molar-refractivity contribution in [1.29, 1.82) is 0 Å². The molecule has 0 rings (SSSR count). The Kier molecular flexibility index (Phi) is 57.0. The van der Waals surface area contributed by atoms with E-state index in [4.69, 9.17) is 4.74 Å². The van der Waals surface area contributed by atoms with Gasteiger partial charge in [0.1, 0.15) is 0 Å². The highest BCUT2D eigenvalue weighted by Gasteiger charge is 2.18. The third-order valence-electron chi connectivity index (χ3n) is 14.6. The molecule has 2 unspecified atom stereocenters. The first-order valence-corrected chi connectivity index (χ1v) is 31.0. The average Bonchev–Trinajstić information content (AvgIpc) is 3.34. The topological polar surface area (TPSA) is 95.9 Å². The number of ether oxygens (including phenoxy) is 1. The van der Waals surface area contributed by atoms with Gasteiger partial charge in [-0.15, -0.1) is 0 Å². The number of amides is 1. The second kappa shape index (κ2) is 58.2. The van der Waals surface area contributed by atoms with Gasteiger partial charge in [-0.2, -0.15) is 0 Å². The summed E-state index contributed by atoms with van der Waals surface area (Å²) in [7, 11) is 0. The normalized spacial score (nSPS) is 12.6. The van der Waals surface area contributed by atoms with E-state index in [2.05, 4.69) is 19.2 Å². The van der Waals surface area contributed by atoms with Gasteiger partial charge in [0, 0.05) is 12.8 Å². The first kappa shape index (κ1) is 66.6. The second-order valence-corrected chi connectivity index (χ2v) is 21.4. The third kappa shape index (κ3) is 53.9. The quantitative estimate of drug-likeness (QED) is 0.0321. The van der Waals surface area contributed by atoms with Crippen LogP contribution in [0.3, 0.4) is 0 Å². The molecule has 6 nitrogen and oxygen atoms in total. The van der Waals surface area contributed by atoms with Crippen LogP contribution >= 0.6 is 0 Å². The van der Waals surface area contributed by atoms with Gasteiger partial charge in [0.15, 0.2) is 0 Å². The Bertz CT molecular complexity index is 1020. The molecule has 0 saturated heterocycles. The molecule has 0 aliphatic rings. The fourth-order valence-electron chi connectivity index (χ4n) is 9.81. The summed E-state index contributed by atoms with van der Waals surface area (Å²) in [6.45, 7) is 4.92. The van der Waals surface area contributed by atoms with Crippen LogP contribution in [0.2, 0.25) is 0 Å². The molecule has 0 aromatic carbocycles. The fourth-order valence-corrected chi connectivity index (χ4v) is 9.81. The molecule has 404 valence electrons. The first-order valence-electron chi connectivity index (χ1n) is 31.0. The Morgan fingerprint density at radius 3 is 1.00 bits per heavy atom. The largest absolute Gasteiger partial charge is 0.466 e. The number of unbranched alkanes of at least 4 members (excludes halogenated alkanes) is 47. The molecule has 0 bridgehead atoms. The minimum absolute atomic E-state index is 0.0184. The number of aliphatic hydroxyl groups is 2. The van der Waals surface area contributed by atoms with E-state index >= 15 is 0 Å². The number of hydrogen-bond acceptors (Lipinski definition) is 5. The second-order valence-electron chi connectivity index (χ2n) is 21.4. The van der Waals surface area contributed by atoms with Crippen LogP contribution in [0.4, 0.5) is 0 Å². The average molecular weight is 961 g/mol. The van der Waals surface area contributed by atoms with Gasteiger partial charge in [0.2, 0.25) is 5.91 Å². The molecule has 68 heavy (non-hydrogen) atoms. The zero-order valence-electron chi connectivity index (χ0n) is 46.1. The van der Waals surface area contributed by atoms with Crippen LogP contribution in [0.15, 0.2) is 12.2 Å². The molecular formula is C62H121NO5. The fraction of sp³-hybridized carbons (Fsp3) is 0.935. The molecule has 0 radical (unpaired) electrons. The molecule has 0 aromatic rings. The molecule has 2 atom stereocenters. The summed E-state index contributed by atoms with van der Waals surface area (Å²) in [6.07, 6.45) is 69.7. The molecule has 3 N–H and O–H groups in total. The molecule has 0 aliphatic carbocycles. The van der Waals surface area contributed by atoms with Crippen molar-refractivity contribution in [2.75, 3.05) is 13.2 Å². The van der Waals surface area contributed by atoms with E-state index in [0.29, 0.717) is 19.4 Å². The maximum absolute atomic E-state index is 12.4. The van der Waals surface area contributed by atoms with Gasteiger partial charge in [-0.05, 0) is 32.1 Å². The lowest BCUT2D eigenvalue weighted by Crippen LogP contribution is -2.45. The van der Waals surface area contributed by atoms with Crippen LogP contribution in [-0.4, -0.2) is 47.4 Å². The number of nitrogens with one attached hydrogen (secondary N) is 1. The summed E-state index contributed by atoms with van der Waals surface area (Å²) in [5.41, 5.74) is 0. The van der Waals surface area contributed by atoms with Crippen LogP contribution in [0.1, 0.15) is 348 Å². The number of hydrogen-bond donors (Lipinski definition) is 3. The number of aliphatic hydroxyl groups excluding tert-OH is 2. The van der Waals surface area contributed by atoms with Crippen molar-refractivity contribution < 1.29 is 24.5 Å². The minimum Gasteiger partial charge on any atom is -0.466 e. The van der Waals surface area contributed by atoms with Crippen LogP contribution in [0, 0.1) is 0 Å². The lowest BCUT2D eigenvalue weighted by molar-refractivity contribution is -0.143. The summed E-state index contributed by atoms with van der Waals surface area (Å²) in [6, 6.07) is -0.625. The number of allylic oxidation sites excluding steroid dienone is 1. The van der Waals surface area contributed by atoms with Crippen molar-refractivity contribution in [2.45, 2.75) is 360 Å². The van der Waals surface area contributed by atoms with Gasteiger partial charge in [0.25, 0.3) is 0 Å². The van der Waals surface area contributed by atoms with Crippen LogP contribution in [0.5, 0.6) is 0 Å². The van der Waals surface area contributed by atoms with Gasteiger partial charge in [-0.25, -0.2) is 0 Å². The molecule has 0 aromatic heterocycles. The van der Waals surface area contributed by atoms with Crippen LogP contribution in [-0.2, 0) is 14.3 Å². The summed E-state index contributed by atoms with van der Waals surface area (Å²) in [5, 5.41) is 23.1. The van der Waals surface area contributed by atoms with E-state index in [1.807, 2.05) is 6.08 Å². The molecular weight excluding hydrogens is 839 g/mol. The number of carbonyl (C=O) groups is 2. The van der Waals surface area contributed by atoms with E-state index in [0.717, 1.165) is 38.5 Å². The Hall–Kier alpha value is -1.40. The summed E-state index contributed by atoms with van der Waals surface area (Å²) in [5.74, 6) is -0.0476. The zero-order valence-corrected chi connectivity index (χ0v) is 46.1. The third-order valence-corrected chi connectivity index (χ3v) is 14.6. The first-order chi connectivity index (χ1) is 33.5. The molecule has 0 spiro atoms. The van der Waals surface area contributed by atoms with Crippen molar-refractivity contribution in [3.8, 4) is 0 Å². The number of esters is 1. The van der Waals surface area contributed by atoms with Gasteiger partial charge in [-0.3, -0.25) is 9.59 Å².